The van der Waals surface area contributed by atoms with Crippen molar-refractivity contribution in [1.29, 1.82) is 0 Å². The van der Waals surface area contributed by atoms with Gasteiger partial charge in [0.05, 0.1) is 13.2 Å². The van der Waals surface area contributed by atoms with Gasteiger partial charge in [0.1, 0.15) is 11.6 Å². The van der Waals surface area contributed by atoms with Crippen LogP contribution in [0, 0.1) is 6.92 Å². The van der Waals surface area contributed by atoms with Crippen molar-refractivity contribution >= 4 is 5.82 Å². The molecule has 0 saturated carbocycles. The lowest BCUT2D eigenvalue weighted by molar-refractivity contribution is 0.414. The summed E-state index contributed by atoms with van der Waals surface area (Å²) in [6.07, 6.45) is 2.82. The van der Waals surface area contributed by atoms with E-state index in [0.29, 0.717) is 0 Å². The van der Waals surface area contributed by atoms with Crippen LogP contribution in [-0.4, -0.2) is 12.1 Å². The van der Waals surface area contributed by atoms with Crippen LogP contribution in [0.4, 0.5) is 5.82 Å². The number of rotatable bonds is 5. The smallest absolute Gasteiger partial charge is 0.129 e. The van der Waals surface area contributed by atoms with Gasteiger partial charge in [0.25, 0.3) is 0 Å². The van der Waals surface area contributed by atoms with E-state index < -0.39 is 0 Å². The molecule has 0 amide bonds. The molecule has 1 aromatic heterocycles. The number of benzene rings is 1. The zero-order valence-corrected chi connectivity index (χ0v) is 11.7. The second-order valence-corrected chi connectivity index (χ2v) is 4.55. The number of aryl methyl sites for hydroxylation is 1. The molecule has 1 aromatic carbocycles. The first-order valence-corrected chi connectivity index (χ1v) is 6.56. The van der Waals surface area contributed by atoms with Crippen molar-refractivity contribution in [2.75, 3.05) is 12.4 Å². The van der Waals surface area contributed by atoms with Gasteiger partial charge in [-0.3, -0.25) is 0 Å². The van der Waals surface area contributed by atoms with Crippen molar-refractivity contribution in [3.05, 3.63) is 53.7 Å². The number of nitrogens with one attached hydrogen (secondary N) is 1. The largest absolute Gasteiger partial charge is 0.497 e. The minimum Gasteiger partial charge on any atom is -0.497 e. The van der Waals surface area contributed by atoms with E-state index in [1.807, 2.05) is 24.4 Å². The van der Waals surface area contributed by atoms with Crippen LogP contribution in [0.3, 0.4) is 0 Å². The lowest BCUT2D eigenvalue weighted by Crippen LogP contribution is -2.11. The Hall–Kier alpha value is -2.03. The van der Waals surface area contributed by atoms with Crippen LogP contribution < -0.4 is 10.1 Å². The van der Waals surface area contributed by atoms with Crippen LogP contribution in [0.25, 0.3) is 0 Å². The zero-order chi connectivity index (χ0) is 13.7. The lowest BCUT2D eigenvalue weighted by Gasteiger charge is -2.19. The summed E-state index contributed by atoms with van der Waals surface area (Å²) >= 11 is 0. The Bertz CT molecular complexity index is 523. The standard InChI is InChI=1S/C16H20N2O/c1-4-15(13-7-9-14(19-3)10-8-13)18-16-12(2)6-5-11-17-16/h5-11,15H,4H2,1-3H3,(H,17,18). The second-order valence-electron chi connectivity index (χ2n) is 4.55. The van der Waals surface area contributed by atoms with Gasteiger partial charge in [-0.2, -0.15) is 0 Å². The summed E-state index contributed by atoms with van der Waals surface area (Å²) in [6, 6.07) is 12.5. The summed E-state index contributed by atoms with van der Waals surface area (Å²) < 4.78 is 5.19. The number of ether oxygens (including phenoxy) is 1. The Kier molecular flexibility index (Phi) is 4.39. The number of hydrogen-bond acceptors (Lipinski definition) is 3. The van der Waals surface area contributed by atoms with Gasteiger partial charge in [0, 0.05) is 6.20 Å². The van der Waals surface area contributed by atoms with Gasteiger partial charge in [0.2, 0.25) is 0 Å². The number of pyridine rings is 1. The highest BCUT2D eigenvalue weighted by atomic mass is 16.5. The average molecular weight is 256 g/mol. The van der Waals surface area contributed by atoms with E-state index in [1.54, 1.807) is 7.11 Å². The van der Waals surface area contributed by atoms with Gasteiger partial charge >= 0.3 is 0 Å². The molecule has 100 valence electrons. The Labute approximate surface area is 114 Å². The zero-order valence-electron chi connectivity index (χ0n) is 11.7. The topological polar surface area (TPSA) is 34.2 Å². The molecule has 0 aliphatic heterocycles. The third kappa shape index (κ3) is 3.25. The third-order valence-electron chi connectivity index (χ3n) is 3.25. The molecule has 3 heteroatoms. The van der Waals surface area contributed by atoms with Gasteiger partial charge < -0.3 is 10.1 Å². The van der Waals surface area contributed by atoms with E-state index in [1.165, 1.54) is 5.56 Å². The summed E-state index contributed by atoms with van der Waals surface area (Å²) in [6.45, 7) is 4.23. The molecule has 0 fully saturated rings. The molecular formula is C16H20N2O. The van der Waals surface area contributed by atoms with Crippen molar-refractivity contribution in [2.45, 2.75) is 26.3 Å². The molecule has 1 atom stereocenters. The van der Waals surface area contributed by atoms with Gasteiger partial charge in [0.15, 0.2) is 0 Å². The third-order valence-corrected chi connectivity index (χ3v) is 3.25. The molecule has 0 radical (unpaired) electrons. The maximum Gasteiger partial charge on any atom is 0.129 e. The molecule has 2 aromatic rings. The molecule has 1 unspecified atom stereocenters. The SMILES string of the molecule is CCC(Nc1ncccc1C)c1ccc(OC)cc1. The molecule has 3 nitrogen and oxygen atoms in total. The fraction of sp³-hybridized carbons (Fsp3) is 0.312. The van der Waals surface area contributed by atoms with Crippen molar-refractivity contribution < 1.29 is 4.74 Å². The van der Waals surface area contributed by atoms with Crippen molar-refractivity contribution in [2.24, 2.45) is 0 Å². The first-order valence-electron chi connectivity index (χ1n) is 6.56. The highest BCUT2D eigenvalue weighted by Gasteiger charge is 2.10. The van der Waals surface area contributed by atoms with E-state index in [2.05, 4.69) is 42.3 Å². The number of anilines is 1. The summed E-state index contributed by atoms with van der Waals surface area (Å²) in [4.78, 5) is 4.39. The first kappa shape index (κ1) is 13.4. The van der Waals surface area contributed by atoms with Crippen LogP contribution >= 0.6 is 0 Å². The van der Waals surface area contributed by atoms with Gasteiger partial charge in [-0.25, -0.2) is 4.98 Å². The molecule has 0 spiro atoms. The van der Waals surface area contributed by atoms with Gasteiger partial charge in [-0.15, -0.1) is 0 Å². The van der Waals surface area contributed by atoms with Crippen molar-refractivity contribution in [1.82, 2.24) is 4.98 Å². The maximum atomic E-state index is 5.19. The van der Waals surface area contributed by atoms with Crippen molar-refractivity contribution in [3.63, 3.8) is 0 Å². The van der Waals surface area contributed by atoms with E-state index >= 15 is 0 Å². The minimum absolute atomic E-state index is 0.263. The van der Waals surface area contributed by atoms with E-state index in [9.17, 15) is 0 Å². The maximum absolute atomic E-state index is 5.19. The van der Waals surface area contributed by atoms with Crippen LogP contribution in [-0.2, 0) is 0 Å². The van der Waals surface area contributed by atoms with Gasteiger partial charge in [-0.1, -0.05) is 25.1 Å². The number of nitrogens with zero attached hydrogens (tertiary/aromatic N) is 1. The van der Waals surface area contributed by atoms with Gasteiger partial charge in [-0.05, 0) is 42.7 Å². The summed E-state index contributed by atoms with van der Waals surface area (Å²) in [7, 11) is 1.68. The molecule has 0 aliphatic rings. The fourth-order valence-corrected chi connectivity index (χ4v) is 2.06. The normalized spacial score (nSPS) is 11.9. The molecule has 0 saturated heterocycles. The molecule has 19 heavy (non-hydrogen) atoms. The summed E-state index contributed by atoms with van der Waals surface area (Å²) in [5.74, 6) is 1.83. The van der Waals surface area contributed by atoms with E-state index in [-0.39, 0.29) is 6.04 Å². The second kappa shape index (κ2) is 6.23. The molecule has 1 heterocycles. The Morgan fingerprint density at radius 2 is 1.95 bits per heavy atom. The summed E-state index contributed by atoms with van der Waals surface area (Å²) in [5.41, 5.74) is 2.41. The monoisotopic (exact) mass is 256 g/mol. The molecule has 0 bridgehead atoms. The molecule has 0 aliphatic carbocycles. The number of hydrogen-bond donors (Lipinski definition) is 1. The van der Waals surface area contributed by atoms with Crippen LogP contribution in [0.15, 0.2) is 42.6 Å². The average Bonchev–Trinajstić information content (AvgIpc) is 2.47. The Morgan fingerprint density at radius 1 is 1.21 bits per heavy atom. The predicted molar refractivity (Wildman–Crippen MR) is 78.6 cm³/mol. The van der Waals surface area contributed by atoms with Crippen LogP contribution in [0.5, 0.6) is 5.75 Å². The fourth-order valence-electron chi connectivity index (χ4n) is 2.06. The first-order chi connectivity index (χ1) is 9.24. The number of methoxy groups -OCH3 is 1. The van der Waals surface area contributed by atoms with Crippen LogP contribution in [0.1, 0.15) is 30.5 Å². The highest BCUT2D eigenvalue weighted by Crippen LogP contribution is 2.24. The molecular weight excluding hydrogens is 236 g/mol. The minimum atomic E-state index is 0.263. The quantitative estimate of drug-likeness (QED) is 0.879. The molecule has 1 N–H and O–H groups in total. The lowest BCUT2D eigenvalue weighted by atomic mass is 10.0. The van der Waals surface area contributed by atoms with E-state index in [0.717, 1.165) is 23.6 Å². The molecule has 2 rings (SSSR count). The highest BCUT2D eigenvalue weighted by molar-refractivity contribution is 5.45. The summed E-state index contributed by atoms with van der Waals surface area (Å²) in [5, 5.41) is 3.50. The Balaban J connectivity index is 2.17. The van der Waals surface area contributed by atoms with Crippen LogP contribution in [0.2, 0.25) is 0 Å². The Morgan fingerprint density at radius 3 is 2.53 bits per heavy atom. The van der Waals surface area contributed by atoms with E-state index in [4.69, 9.17) is 4.74 Å². The number of aromatic nitrogens is 1. The predicted octanol–water partition coefficient (Wildman–Crippen LogP) is 3.96. The van der Waals surface area contributed by atoms with Crippen molar-refractivity contribution in [3.8, 4) is 5.75 Å².